The van der Waals surface area contributed by atoms with E-state index in [0.29, 0.717) is 12.1 Å². The van der Waals surface area contributed by atoms with Gasteiger partial charge in [0.15, 0.2) is 0 Å². The molecule has 0 aromatic heterocycles. The molecule has 0 heterocycles. The minimum atomic E-state index is 0.656. The fourth-order valence-corrected chi connectivity index (χ4v) is 3.13. The zero-order valence-electron chi connectivity index (χ0n) is 12.7. The number of hydrogen-bond acceptors (Lipinski definition) is 3. The van der Waals surface area contributed by atoms with E-state index in [1.165, 1.54) is 38.6 Å². The Kier molecular flexibility index (Phi) is 7.87. The molecule has 0 amide bonds. The molecule has 0 radical (unpaired) electrons. The summed E-state index contributed by atoms with van der Waals surface area (Å²) in [7, 11) is 3.92. The van der Waals surface area contributed by atoms with Crippen LogP contribution in [0.15, 0.2) is 0 Å². The molecule has 0 aliphatic heterocycles. The average Bonchev–Trinajstić information content (AvgIpc) is 2.58. The molecule has 3 nitrogen and oxygen atoms in total. The van der Waals surface area contributed by atoms with Gasteiger partial charge in [0.1, 0.15) is 0 Å². The van der Waals surface area contributed by atoms with Crippen LogP contribution in [0.2, 0.25) is 0 Å². The van der Waals surface area contributed by atoms with Gasteiger partial charge in [-0.2, -0.15) is 0 Å². The van der Waals surface area contributed by atoms with Gasteiger partial charge in [-0.05, 0) is 25.8 Å². The molecule has 2 atom stereocenters. The second kappa shape index (κ2) is 8.89. The van der Waals surface area contributed by atoms with Crippen molar-refractivity contribution >= 4 is 0 Å². The fraction of sp³-hybridized carbons (Fsp3) is 1.00. The van der Waals surface area contributed by atoms with Crippen molar-refractivity contribution in [1.29, 1.82) is 0 Å². The predicted molar refractivity (Wildman–Crippen MR) is 78.0 cm³/mol. The molecule has 1 aliphatic rings. The number of ether oxygens (including phenoxy) is 1. The molecule has 0 bridgehead atoms. The first-order valence-corrected chi connectivity index (χ1v) is 7.59. The number of rotatable bonds is 7. The van der Waals surface area contributed by atoms with E-state index in [4.69, 9.17) is 4.74 Å². The Morgan fingerprint density at radius 2 is 1.94 bits per heavy atom. The molecular formula is C15H32N2O. The van der Waals surface area contributed by atoms with Gasteiger partial charge < -0.3 is 10.1 Å². The average molecular weight is 256 g/mol. The number of nitrogens with one attached hydrogen (secondary N) is 1. The van der Waals surface area contributed by atoms with Crippen LogP contribution in [0.3, 0.4) is 0 Å². The fourth-order valence-electron chi connectivity index (χ4n) is 3.13. The minimum Gasteiger partial charge on any atom is -0.383 e. The lowest BCUT2D eigenvalue weighted by molar-refractivity contribution is 0.0898. The Hall–Kier alpha value is -0.120. The normalized spacial score (nSPS) is 25.7. The highest BCUT2D eigenvalue weighted by molar-refractivity contribution is 4.86. The molecule has 18 heavy (non-hydrogen) atoms. The Labute approximate surface area is 113 Å². The van der Waals surface area contributed by atoms with Crippen LogP contribution in [0.1, 0.15) is 46.0 Å². The predicted octanol–water partition coefficient (Wildman–Crippen LogP) is 2.51. The summed E-state index contributed by atoms with van der Waals surface area (Å²) in [4.78, 5) is 2.65. The first kappa shape index (κ1) is 15.9. The zero-order chi connectivity index (χ0) is 13.4. The standard InChI is InChI=1S/C15H32N2O/c1-13(2)12-17(10-11-18-4)15-9-7-5-6-8-14(15)16-3/h13-16H,5-12H2,1-4H3. The highest BCUT2D eigenvalue weighted by atomic mass is 16.5. The van der Waals surface area contributed by atoms with E-state index in [9.17, 15) is 0 Å². The molecule has 0 saturated heterocycles. The third-order valence-electron chi connectivity index (χ3n) is 4.00. The molecule has 2 unspecified atom stereocenters. The lowest BCUT2D eigenvalue weighted by Gasteiger charge is -2.37. The summed E-state index contributed by atoms with van der Waals surface area (Å²) in [6.07, 6.45) is 6.81. The Bertz CT molecular complexity index is 209. The van der Waals surface area contributed by atoms with Gasteiger partial charge in [-0.3, -0.25) is 4.90 Å². The lowest BCUT2D eigenvalue weighted by Crippen LogP contribution is -2.50. The van der Waals surface area contributed by atoms with Crippen LogP contribution in [0.4, 0.5) is 0 Å². The van der Waals surface area contributed by atoms with E-state index in [1.54, 1.807) is 7.11 Å². The van der Waals surface area contributed by atoms with Crippen molar-refractivity contribution in [2.24, 2.45) is 5.92 Å². The first-order valence-electron chi connectivity index (χ1n) is 7.59. The third-order valence-corrected chi connectivity index (χ3v) is 4.00. The second-order valence-corrected chi connectivity index (χ2v) is 5.98. The van der Waals surface area contributed by atoms with E-state index >= 15 is 0 Å². The third kappa shape index (κ3) is 5.25. The van der Waals surface area contributed by atoms with Crippen LogP contribution >= 0.6 is 0 Å². The maximum absolute atomic E-state index is 5.28. The topological polar surface area (TPSA) is 24.5 Å². The van der Waals surface area contributed by atoms with E-state index in [-0.39, 0.29) is 0 Å². The number of hydrogen-bond donors (Lipinski definition) is 1. The highest BCUT2D eigenvalue weighted by Crippen LogP contribution is 2.23. The molecule has 1 rings (SSSR count). The van der Waals surface area contributed by atoms with Crippen molar-refractivity contribution < 1.29 is 4.74 Å². The van der Waals surface area contributed by atoms with Crippen LogP contribution in [0.5, 0.6) is 0 Å². The molecule has 0 aromatic carbocycles. The monoisotopic (exact) mass is 256 g/mol. The van der Waals surface area contributed by atoms with Gasteiger partial charge >= 0.3 is 0 Å². The van der Waals surface area contributed by atoms with E-state index in [1.807, 2.05) is 0 Å². The quantitative estimate of drug-likeness (QED) is 0.708. The van der Waals surface area contributed by atoms with Crippen LogP contribution < -0.4 is 5.32 Å². The molecule has 0 aromatic rings. The Morgan fingerprint density at radius 1 is 1.22 bits per heavy atom. The van der Waals surface area contributed by atoms with E-state index in [2.05, 4.69) is 31.1 Å². The largest absolute Gasteiger partial charge is 0.383 e. The van der Waals surface area contributed by atoms with E-state index in [0.717, 1.165) is 19.1 Å². The van der Waals surface area contributed by atoms with Crippen molar-refractivity contribution in [3.63, 3.8) is 0 Å². The van der Waals surface area contributed by atoms with Gasteiger partial charge in [0, 0.05) is 32.3 Å². The number of likely N-dealkylation sites (N-methyl/N-ethyl adjacent to an activating group) is 1. The summed E-state index contributed by atoms with van der Waals surface area (Å²) in [5, 5.41) is 3.54. The summed E-state index contributed by atoms with van der Waals surface area (Å²) in [6.45, 7) is 7.72. The highest BCUT2D eigenvalue weighted by Gasteiger charge is 2.27. The summed E-state index contributed by atoms with van der Waals surface area (Å²) < 4.78 is 5.28. The van der Waals surface area contributed by atoms with E-state index < -0.39 is 0 Å². The van der Waals surface area contributed by atoms with Crippen LogP contribution in [-0.2, 0) is 4.74 Å². The van der Waals surface area contributed by atoms with Crippen molar-refractivity contribution in [3.8, 4) is 0 Å². The van der Waals surface area contributed by atoms with Gasteiger partial charge in [-0.25, -0.2) is 0 Å². The summed E-state index contributed by atoms with van der Waals surface area (Å²) >= 11 is 0. The van der Waals surface area contributed by atoms with Gasteiger partial charge in [0.05, 0.1) is 6.61 Å². The van der Waals surface area contributed by atoms with Crippen LogP contribution in [-0.4, -0.2) is 50.8 Å². The molecule has 0 spiro atoms. The maximum Gasteiger partial charge on any atom is 0.0589 e. The van der Waals surface area contributed by atoms with Crippen molar-refractivity contribution in [1.82, 2.24) is 10.2 Å². The zero-order valence-corrected chi connectivity index (χ0v) is 12.7. The SMILES string of the molecule is CNC1CCCCCC1N(CCOC)CC(C)C. The van der Waals surface area contributed by atoms with Crippen molar-refractivity contribution in [2.75, 3.05) is 33.9 Å². The summed E-state index contributed by atoms with van der Waals surface area (Å²) in [5.74, 6) is 0.725. The molecule has 108 valence electrons. The number of nitrogens with zero attached hydrogens (tertiary/aromatic N) is 1. The summed E-state index contributed by atoms with van der Waals surface area (Å²) in [6, 6.07) is 1.35. The van der Waals surface area contributed by atoms with Crippen LogP contribution in [0.25, 0.3) is 0 Å². The number of methoxy groups -OCH3 is 1. The second-order valence-electron chi connectivity index (χ2n) is 5.98. The molecule has 3 heteroatoms. The van der Waals surface area contributed by atoms with Gasteiger partial charge in [-0.15, -0.1) is 0 Å². The van der Waals surface area contributed by atoms with Crippen molar-refractivity contribution in [2.45, 2.75) is 58.0 Å². The molecule has 1 aliphatic carbocycles. The van der Waals surface area contributed by atoms with Gasteiger partial charge in [-0.1, -0.05) is 33.1 Å². The Balaban J connectivity index is 2.65. The van der Waals surface area contributed by atoms with Gasteiger partial charge in [0.2, 0.25) is 0 Å². The minimum absolute atomic E-state index is 0.656. The molecular weight excluding hydrogens is 224 g/mol. The first-order chi connectivity index (χ1) is 8.69. The molecule has 1 fully saturated rings. The Morgan fingerprint density at radius 3 is 2.56 bits per heavy atom. The lowest BCUT2D eigenvalue weighted by atomic mass is 10.00. The smallest absolute Gasteiger partial charge is 0.0589 e. The molecule has 1 saturated carbocycles. The summed E-state index contributed by atoms with van der Waals surface area (Å²) in [5.41, 5.74) is 0. The maximum atomic E-state index is 5.28. The molecule has 1 N–H and O–H groups in total. The van der Waals surface area contributed by atoms with Crippen LogP contribution in [0, 0.1) is 5.92 Å². The van der Waals surface area contributed by atoms with Crippen molar-refractivity contribution in [3.05, 3.63) is 0 Å². The van der Waals surface area contributed by atoms with Gasteiger partial charge in [0.25, 0.3) is 0 Å².